The number of nitrogens with zero attached hydrogens (tertiary/aromatic N) is 4. The van der Waals surface area contributed by atoms with E-state index in [4.69, 9.17) is 28.9 Å². The summed E-state index contributed by atoms with van der Waals surface area (Å²) >= 11 is 11.8. The molecule has 0 aromatic carbocycles. The zero-order valence-corrected chi connectivity index (χ0v) is 14.4. The Balaban J connectivity index is 1.69. The lowest BCUT2D eigenvalue weighted by Crippen LogP contribution is -2.47. The Morgan fingerprint density at radius 2 is 2.00 bits per heavy atom. The van der Waals surface area contributed by atoms with Gasteiger partial charge in [-0.15, -0.1) is 0 Å². The first-order valence-electron chi connectivity index (χ1n) is 7.85. The maximum absolute atomic E-state index is 14.2. The fraction of sp³-hybridized carbons (Fsp3) is 0.438. The molecule has 0 radical (unpaired) electrons. The summed E-state index contributed by atoms with van der Waals surface area (Å²) in [4.78, 5) is 14.3. The van der Waals surface area contributed by atoms with E-state index in [2.05, 4.69) is 32.0 Å². The number of nitrogens with two attached hydrogens (primary N) is 1. The number of fused-ring (bicyclic) bond motifs is 1. The van der Waals surface area contributed by atoms with Gasteiger partial charge < -0.3 is 10.6 Å². The van der Waals surface area contributed by atoms with Crippen molar-refractivity contribution < 1.29 is 4.39 Å². The van der Waals surface area contributed by atoms with Gasteiger partial charge in [0.25, 0.3) is 0 Å². The van der Waals surface area contributed by atoms with Gasteiger partial charge in [0.2, 0.25) is 5.28 Å². The highest BCUT2D eigenvalue weighted by atomic mass is 35.5. The van der Waals surface area contributed by atoms with Gasteiger partial charge in [-0.05, 0) is 36.3 Å². The van der Waals surface area contributed by atoms with Crippen LogP contribution in [0, 0.1) is 11.2 Å². The Bertz CT molecular complexity index is 833. The van der Waals surface area contributed by atoms with E-state index >= 15 is 0 Å². The van der Waals surface area contributed by atoms with Crippen molar-refractivity contribution in [3.05, 3.63) is 34.6 Å². The monoisotopic (exact) mass is 367 g/mol. The second-order valence-electron chi connectivity index (χ2n) is 6.45. The zero-order chi connectivity index (χ0) is 16.9. The minimum absolute atomic E-state index is 0.00168. The number of aromatic nitrogens is 3. The molecule has 1 aliphatic heterocycles. The molecule has 1 saturated heterocycles. The number of piperidine rings is 1. The third-order valence-electron chi connectivity index (χ3n) is 5.23. The molecule has 1 spiro atoms. The summed E-state index contributed by atoms with van der Waals surface area (Å²) < 4.78 is 14.2. The molecule has 5 nitrogen and oxygen atoms in total. The quantitative estimate of drug-likeness (QED) is 0.475. The van der Waals surface area contributed by atoms with Gasteiger partial charge in [-0.25, -0.2) is 14.4 Å². The van der Waals surface area contributed by atoms with Crippen molar-refractivity contribution in [1.29, 1.82) is 0 Å². The summed E-state index contributed by atoms with van der Waals surface area (Å²) in [5, 5.41) is 0.299. The van der Waals surface area contributed by atoms with Crippen LogP contribution in [0.25, 0.3) is 10.9 Å². The highest BCUT2D eigenvalue weighted by Gasteiger charge is 2.41. The zero-order valence-electron chi connectivity index (χ0n) is 12.8. The van der Waals surface area contributed by atoms with Crippen LogP contribution in [0.2, 0.25) is 10.4 Å². The van der Waals surface area contributed by atoms with Gasteiger partial charge in [0.15, 0.2) is 11.0 Å². The van der Waals surface area contributed by atoms with E-state index in [1.54, 1.807) is 0 Å². The van der Waals surface area contributed by atoms with Crippen LogP contribution in [0.1, 0.15) is 19.3 Å². The van der Waals surface area contributed by atoms with Gasteiger partial charge in [0.05, 0.1) is 5.39 Å². The summed E-state index contributed by atoms with van der Waals surface area (Å²) in [5.74, 6) is -0.0716. The molecule has 126 valence electrons. The van der Waals surface area contributed by atoms with Crippen LogP contribution in [-0.4, -0.2) is 34.1 Å². The Morgan fingerprint density at radius 1 is 1.25 bits per heavy atom. The summed E-state index contributed by atoms with van der Waals surface area (Å²) in [5.41, 5.74) is 6.49. The molecular weight excluding hydrogens is 352 g/mol. The Kier molecular flexibility index (Phi) is 3.86. The third-order valence-corrected chi connectivity index (χ3v) is 5.66. The van der Waals surface area contributed by atoms with E-state index in [1.165, 1.54) is 6.20 Å². The van der Waals surface area contributed by atoms with Crippen molar-refractivity contribution in [3.8, 4) is 0 Å². The molecule has 1 unspecified atom stereocenters. The van der Waals surface area contributed by atoms with Crippen LogP contribution in [0.4, 0.5) is 10.2 Å². The molecule has 2 aromatic rings. The number of anilines is 1. The number of hydrogen-bond acceptors (Lipinski definition) is 5. The molecule has 8 heteroatoms. The molecule has 2 aromatic heterocycles. The van der Waals surface area contributed by atoms with Crippen molar-refractivity contribution >= 4 is 39.9 Å². The fourth-order valence-electron chi connectivity index (χ4n) is 3.72. The van der Waals surface area contributed by atoms with Crippen molar-refractivity contribution in [3.63, 3.8) is 0 Å². The highest BCUT2D eigenvalue weighted by molar-refractivity contribution is 6.30. The maximum Gasteiger partial charge on any atom is 0.225 e. The van der Waals surface area contributed by atoms with Gasteiger partial charge in [-0.1, -0.05) is 23.8 Å². The number of pyridine rings is 1. The van der Waals surface area contributed by atoms with Crippen molar-refractivity contribution in [2.75, 3.05) is 18.0 Å². The molecule has 4 rings (SSSR count). The summed E-state index contributed by atoms with van der Waals surface area (Å²) in [6, 6.07) is 0.100. The van der Waals surface area contributed by atoms with Crippen molar-refractivity contribution in [2.45, 2.75) is 25.3 Å². The van der Waals surface area contributed by atoms with Gasteiger partial charge in [-0.3, -0.25) is 0 Å². The van der Waals surface area contributed by atoms with E-state index in [9.17, 15) is 4.39 Å². The van der Waals surface area contributed by atoms with E-state index < -0.39 is 5.82 Å². The SMILES string of the molecule is NC1C=CCC12CCN(c1nc(Cl)nc3c(F)c(Cl)ncc13)CC2. The lowest BCUT2D eigenvalue weighted by molar-refractivity contribution is 0.209. The maximum atomic E-state index is 14.2. The van der Waals surface area contributed by atoms with Crippen molar-refractivity contribution in [1.82, 2.24) is 15.0 Å². The number of allylic oxidation sites excluding steroid dienone is 1. The standard InChI is InChI=1S/C16H16Cl2FN5/c17-13-11(19)12-9(8-21-13)14(23-15(18)22-12)24-6-4-16(5-7-24)3-1-2-10(16)20/h1-2,8,10H,3-7,20H2. The smallest absolute Gasteiger partial charge is 0.225 e. The Labute approximate surface area is 148 Å². The fourth-order valence-corrected chi connectivity index (χ4v) is 4.03. The van der Waals surface area contributed by atoms with Crippen LogP contribution in [-0.2, 0) is 0 Å². The second kappa shape index (κ2) is 5.79. The predicted octanol–water partition coefficient (Wildman–Crippen LogP) is 3.34. The van der Waals surface area contributed by atoms with E-state index in [0.29, 0.717) is 11.2 Å². The van der Waals surface area contributed by atoms with Gasteiger partial charge in [0, 0.05) is 25.3 Å². The first-order valence-corrected chi connectivity index (χ1v) is 8.60. The molecule has 0 amide bonds. The first-order chi connectivity index (χ1) is 11.5. The summed E-state index contributed by atoms with van der Waals surface area (Å²) in [6.45, 7) is 1.56. The molecule has 1 aliphatic carbocycles. The van der Waals surface area contributed by atoms with Crippen LogP contribution in [0.3, 0.4) is 0 Å². The van der Waals surface area contributed by atoms with Crippen LogP contribution in [0.5, 0.6) is 0 Å². The largest absolute Gasteiger partial charge is 0.356 e. The average molecular weight is 368 g/mol. The second-order valence-corrected chi connectivity index (χ2v) is 7.15. The molecule has 3 heterocycles. The Morgan fingerprint density at radius 3 is 2.67 bits per heavy atom. The molecule has 0 bridgehead atoms. The highest BCUT2D eigenvalue weighted by Crippen LogP contribution is 2.43. The normalized spacial score (nSPS) is 22.7. The average Bonchev–Trinajstić information content (AvgIpc) is 2.92. The predicted molar refractivity (Wildman–Crippen MR) is 92.9 cm³/mol. The lowest BCUT2D eigenvalue weighted by atomic mass is 9.74. The lowest BCUT2D eigenvalue weighted by Gasteiger charge is -2.42. The summed E-state index contributed by atoms with van der Waals surface area (Å²) in [7, 11) is 0. The van der Waals surface area contributed by atoms with Crippen LogP contribution >= 0.6 is 23.2 Å². The van der Waals surface area contributed by atoms with Crippen LogP contribution in [0.15, 0.2) is 18.3 Å². The van der Waals surface area contributed by atoms with Gasteiger partial charge >= 0.3 is 0 Å². The van der Waals surface area contributed by atoms with Gasteiger partial charge in [0.1, 0.15) is 11.3 Å². The number of rotatable bonds is 1. The van der Waals surface area contributed by atoms with E-state index in [-0.39, 0.29) is 27.4 Å². The molecule has 24 heavy (non-hydrogen) atoms. The van der Waals surface area contributed by atoms with Crippen LogP contribution < -0.4 is 10.6 Å². The third kappa shape index (κ3) is 2.44. The van der Waals surface area contributed by atoms with E-state index in [1.807, 2.05) is 0 Å². The number of halogens is 3. The minimum Gasteiger partial charge on any atom is -0.356 e. The minimum atomic E-state index is -0.671. The molecule has 2 aliphatic rings. The molecular formula is C16H16Cl2FN5. The molecule has 1 atom stereocenters. The number of hydrogen-bond donors (Lipinski definition) is 1. The summed E-state index contributed by atoms with van der Waals surface area (Å²) in [6.07, 6.45) is 8.67. The van der Waals surface area contributed by atoms with E-state index in [0.717, 1.165) is 32.4 Å². The van der Waals surface area contributed by atoms with Gasteiger partial charge in [-0.2, -0.15) is 4.98 Å². The molecule has 1 fully saturated rings. The molecule has 0 saturated carbocycles. The topological polar surface area (TPSA) is 67.9 Å². The van der Waals surface area contributed by atoms with Crippen molar-refractivity contribution in [2.24, 2.45) is 11.1 Å². The molecule has 2 N–H and O–H groups in total. The first kappa shape index (κ1) is 16.0. The Hall–Kier alpha value is -1.50.